The molecule has 0 radical (unpaired) electrons. The van der Waals surface area contributed by atoms with Crippen molar-refractivity contribution >= 4 is 5.97 Å². The van der Waals surface area contributed by atoms with Crippen molar-refractivity contribution in [2.75, 3.05) is 0 Å². The average molecular weight is 262 g/mol. The number of aromatic nitrogens is 2. The van der Waals surface area contributed by atoms with Crippen LogP contribution in [-0.2, 0) is 10.2 Å². The van der Waals surface area contributed by atoms with Crippen LogP contribution in [0.25, 0.3) is 0 Å². The normalized spacial score (nSPS) is 38.7. The van der Waals surface area contributed by atoms with Crippen LogP contribution in [0, 0.1) is 17.8 Å². The van der Waals surface area contributed by atoms with E-state index in [1.807, 2.05) is 12.4 Å². The van der Waals surface area contributed by atoms with Crippen molar-refractivity contribution in [1.29, 1.82) is 0 Å². The number of carboxylic acids is 1. The van der Waals surface area contributed by atoms with Gasteiger partial charge >= 0.3 is 0 Å². The fraction of sp³-hybridized carbons (Fsp3) is 0.733. The number of nitrogens with one attached hydrogen (secondary N) is 1. The molecular weight excluding hydrogens is 240 g/mol. The minimum atomic E-state index is -0.833. The molecule has 4 saturated carbocycles. The van der Waals surface area contributed by atoms with Gasteiger partial charge in [0, 0.05) is 24.7 Å². The quantitative estimate of drug-likeness (QED) is 0.817. The van der Waals surface area contributed by atoms with Crippen molar-refractivity contribution < 1.29 is 9.90 Å². The topological polar surface area (TPSA) is 66.0 Å². The molecule has 0 saturated heterocycles. The number of H-pyrrole nitrogens is 1. The van der Waals surface area contributed by atoms with Gasteiger partial charge in [0.1, 0.15) is 5.82 Å². The first-order valence-electron chi connectivity index (χ1n) is 7.27. The molecule has 0 unspecified atom stereocenters. The highest BCUT2D eigenvalue weighted by molar-refractivity contribution is 5.62. The van der Waals surface area contributed by atoms with Crippen LogP contribution in [0.5, 0.6) is 0 Å². The number of carboxylic acid groups (broad SMARTS) is 1. The molecule has 0 aromatic carbocycles. The van der Waals surface area contributed by atoms with E-state index < -0.39 is 5.97 Å². The molecule has 104 valence electrons. The average Bonchev–Trinajstić information content (AvgIpc) is 2.79. The van der Waals surface area contributed by atoms with Gasteiger partial charge in [0.2, 0.25) is 0 Å². The van der Waals surface area contributed by atoms with Gasteiger partial charge in [-0.2, -0.15) is 0 Å². The zero-order valence-electron chi connectivity index (χ0n) is 11.4. The molecule has 1 heterocycles. The predicted molar refractivity (Wildman–Crippen MR) is 71.7 cm³/mol. The summed E-state index contributed by atoms with van der Waals surface area (Å²) >= 11 is 0. The standard InChI is InChI=1S/C13H18N2.C2H4O2/c1-2-15-12(14-1)13-6-9-3-10(7-13)5-11(4-9)8-13;1-2(3)4/h1-2,9-11H,3-8H2,(H,14,15);1H3,(H,3,4). The molecule has 4 nitrogen and oxygen atoms in total. The van der Waals surface area contributed by atoms with E-state index in [1.165, 1.54) is 44.3 Å². The Hall–Kier alpha value is -1.32. The van der Waals surface area contributed by atoms with Gasteiger partial charge in [-0.3, -0.25) is 4.79 Å². The molecule has 1 aromatic rings. The zero-order chi connectivity index (χ0) is 13.5. The van der Waals surface area contributed by atoms with Crippen molar-refractivity contribution in [3.8, 4) is 0 Å². The number of aliphatic carboxylic acids is 1. The maximum absolute atomic E-state index is 9.00. The maximum Gasteiger partial charge on any atom is 0.300 e. The number of aromatic amines is 1. The summed E-state index contributed by atoms with van der Waals surface area (Å²) in [5.74, 6) is 3.51. The van der Waals surface area contributed by atoms with Crippen molar-refractivity contribution in [1.82, 2.24) is 9.97 Å². The Morgan fingerprint density at radius 3 is 2.11 bits per heavy atom. The van der Waals surface area contributed by atoms with Crippen LogP contribution in [0.1, 0.15) is 51.3 Å². The lowest BCUT2D eigenvalue weighted by Gasteiger charge is -2.55. The summed E-state index contributed by atoms with van der Waals surface area (Å²) in [5.41, 5.74) is 0.457. The first-order chi connectivity index (χ1) is 9.07. The minimum absolute atomic E-state index is 0.457. The van der Waals surface area contributed by atoms with Crippen LogP contribution in [-0.4, -0.2) is 21.0 Å². The summed E-state index contributed by atoms with van der Waals surface area (Å²) < 4.78 is 0. The van der Waals surface area contributed by atoms with Crippen molar-refractivity contribution in [3.05, 3.63) is 18.2 Å². The molecule has 4 bridgehead atoms. The highest BCUT2D eigenvalue weighted by Gasteiger charge is 2.52. The Morgan fingerprint density at radius 1 is 1.26 bits per heavy atom. The van der Waals surface area contributed by atoms with Crippen molar-refractivity contribution in [2.45, 2.75) is 50.9 Å². The molecule has 0 aliphatic heterocycles. The van der Waals surface area contributed by atoms with E-state index in [4.69, 9.17) is 9.90 Å². The number of hydrogen-bond donors (Lipinski definition) is 2. The largest absolute Gasteiger partial charge is 0.481 e. The van der Waals surface area contributed by atoms with Gasteiger partial charge in [-0.05, 0) is 56.3 Å². The Morgan fingerprint density at radius 2 is 1.74 bits per heavy atom. The molecule has 4 aliphatic carbocycles. The van der Waals surface area contributed by atoms with E-state index in [0.717, 1.165) is 24.7 Å². The molecule has 5 rings (SSSR count). The molecule has 2 N–H and O–H groups in total. The lowest BCUT2D eigenvalue weighted by atomic mass is 9.49. The number of carbonyl (C=O) groups is 1. The molecule has 1 aromatic heterocycles. The molecule has 0 atom stereocenters. The first-order valence-corrected chi connectivity index (χ1v) is 7.27. The highest BCUT2D eigenvalue weighted by Crippen LogP contribution is 2.59. The second kappa shape index (κ2) is 4.66. The third kappa shape index (κ3) is 2.40. The van der Waals surface area contributed by atoms with Gasteiger partial charge < -0.3 is 10.1 Å². The number of hydrogen-bond acceptors (Lipinski definition) is 2. The molecular formula is C15H22N2O2. The summed E-state index contributed by atoms with van der Waals surface area (Å²) in [6.45, 7) is 1.08. The van der Waals surface area contributed by atoms with Crippen LogP contribution >= 0.6 is 0 Å². The van der Waals surface area contributed by atoms with Crippen LogP contribution in [0.3, 0.4) is 0 Å². The number of rotatable bonds is 1. The number of imidazole rings is 1. The van der Waals surface area contributed by atoms with Gasteiger partial charge in [0.15, 0.2) is 0 Å². The van der Waals surface area contributed by atoms with E-state index in [2.05, 4.69) is 9.97 Å². The summed E-state index contributed by atoms with van der Waals surface area (Å²) in [6.07, 6.45) is 12.7. The smallest absolute Gasteiger partial charge is 0.300 e. The second-order valence-electron chi connectivity index (χ2n) is 6.65. The Kier molecular flexibility index (Phi) is 3.11. The van der Waals surface area contributed by atoms with E-state index in [0.29, 0.717) is 5.41 Å². The Balaban J connectivity index is 0.000000247. The van der Waals surface area contributed by atoms with E-state index in [-0.39, 0.29) is 0 Å². The molecule has 4 heteroatoms. The highest BCUT2D eigenvalue weighted by atomic mass is 16.4. The zero-order valence-corrected chi connectivity index (χ0v) is 11.4. The summed E-state index contributed by atoms with van der Waals surface area (Å²) in [5, 5.41) is 7.42. The van der Waals surface area contributed by atoms with Crippen LogP contribution < -0.4 is 0 Å². The van der Waals surface area contributed by atoms with Crippen molar-refractivity contribution in [2.24, 2.45) is 17.8 Å². The minimum Gasteiger partial charge on any atom is -0.481 e. The lowest BCUT2D eigenvalue weighted by Crippen LogP contribution is -2.49. The molecule has 4 fully saturated rings. The third-order valence-corrected chi connectivity index (χ3v) is 5.04. The third-order valence-electron chi connectivity index (χ3n) is 5.04. The second-order valence-corrected chi connectivity index (χ2v) is 6.65. The molecule has 0 amide bonds. The van der Waals surface area contributed by atoms with E-state index >= 15 is 0 Å². The molecule has 19 heavy (non-hydrogen) atoms. The SMILES string of the molecule is CC(=O)O.c1c[nH]c(C23CC4CC(CC(C4)C2)C3)n1. The fourth-order valence-electron chi connectivity index (χ4n) is 4.96. The summed E-state index contributed by atoms with van der Waals surface area (Å²) in [6, 6.07) is 0. The molecule has 4 aliphatic rings. The predicted octanol–water partition coefficient (Wildman–Crippen LogP) is 2.97. The van der Waals surface area contributed by atoms with E-state index in [1.54, 1.807) is 0 Å². The van der Waals surface area contributed by atoms with E-state index in [9.17, 15) is 0 Å². The Bertz CT molecular complexity index is 413. The molecule has 0 spiro atoms. The van der Waals surface area contributed by atoms with Crippen molar-refractivity contribution in [3.63, 3.8) is 0 Å². The monoisotopic (exact) mass is 262 g/mol. The van der Waals surface area contributed by atoms with Gasteiger partial charge in [-0.1, -0.05) is 0 Å². The van der Waals surface area contributed by atoms with Gasteiger partial charge in [-0.15, -0.1) is 0 Å². The summed E-state index contributed by atoms with van der Waals surface area (Å²) in [7, 11) is 0. The summed E-state index contributed by atoms with van der Waals surface area (Å²) in [4.78, 5) is 16.9. The lowest BCUT2D eigenvalue weighted by molar-refractivity contribution is -0.134. The van der Waals surface area contributed by atoms with Gasteiger partial charge in [0.25, 0.3) is 5.97 Å². The van der Waals surface area contributed by atoms with Gasteiger partial charge in [-0.25, -0.2) is 4.98 Å². The van der Waals surface area contributed by atoms with Crippen LogP contribution in [0.15, 0.2) is 12.4 Å². The van der Waals surface area contributed by atoms with Crippen LogP contribution in [0.2, 0.25) is 0 Å². The van der Waals surface area contributed by atoms with Gasteiger partial charge in [0.05, 0.1) is 0 Å². The maximum atomic E-state index is 9.00. The fourth-order valence-corrected chi connectivity index (χ4v) is 4.96. The van der Waals surface area contributed by atoms with Crippen LogP contribution in [0.4, 0.5) is 0 Å². The number of nitrogens with zero attached hydrogens (tertiary/aromatic N) is 1. The first kappa shape index (κ1) is 12.7. The Labute approximate surface area is 113 Å².